The number of methoxy groups -OCH3 is 1. The van der Waals surface area contributed by atoms with Crippen LogP contribution in [0.3, 0.4) is 0 Å². The molecule has 1 amide bonds. The van der Waals surface area contributed by atoms with Crippen LogP contribution in [0.2, 0.25) is 0 Å². The molecule has 3 heterocycles. The highest BCUT2D eigenvalue weighted by molar-refractivity contribution is 5.89. The molecule has 3 aromatic heterocycles. The Morgan fingerprint density at radius 3 is 2.26 bits per heavy atom. The number of carbonyl (C=O) groups excluding carboxylic acids is 2. The lowest BCUT2D eigenvalue weighted by atomic mass is 10.1. The maximum absolute atomic E-state index is 11.8. The van der Waals surface area contributed by atoms with Crippen molar-refractivity contribution in [3.05, 3.63) is 90.6 Å². The van der Waals surface area contributed by atoms with Crippen LogP contribution in [0.5, 0.6) is 0 Å². The van der Waals surface area contributed by atoms with Gasteiger partial charge in [0.25, 0.3) is 0 Å². The van der Waals surface area contributed by atoms with Crippen molar-refractivity contribution in [1.29, 1.82) is 0 Å². The predicted molar refractivity (Wildman–Crippen MR) is 127 cm³/mol. The fourth-order valence-electron chi connectivity index (χ4n) is 3.36. The summed E-state index contributed by atoms with van der Waals surface area (Å²) in [4.78, 5) is 42.5. The second kappa shape index (κ2) is 10.3. The third-order valence-corrected chi connectivity index (χ3v) is 4.96. The average molecular weight is 454 g/mol. The second-order valence-corrected chi connectivity index (χ2v) is 7.35. The maximum atomic E-state index is 11.8. The van der Waals surface area contributed by atoms with Gasteiger partial charge in [0.1, 0.15) is 11.6 Å². The summed E-state index contributed by atoms with van der Waals surface area (Å²) in [7, 11) is 1.35. The minimum Gasteiger partial charge on any atom is -0.465 e. The molecule has 0 aliphatic carbocycles. The molecule has 0 unspecified atom stereocenters. The van der Waals surface area contributed by atoms with Gasteiger partial charge in [-0.3, -0.25) is 9.78 Å². The molecule has 0 aliphatic rings. The summed E-state index contributed by atoms with van der Waals surface area (Å²) in [6, 6.07) is 14.7. The normalized spacial score (nSPS) is 10.4. The lowest BCUT2D eigenvalue weighted by Crippen LogP contribution is -2.19. The van der Waals surface area contributed by atoms with Crippen LogP contribution in [0.4, 0.5) is 17.5 Å². The van der Waals surface area contributed by atoms with E-state index in [0.717, 1.165) is 16.7 Å². The Morgan fingerprint density at radius 2 is 1.59 bits per heavy atom. The number of amides is 1. The number of nitrogens with one attached hydrogen (secondary N) is 1. The number of rotatable bonds is 7. The topological polar surface area (TPSA) is 110 Å². The molecule has 0 spiro atoms. The molecular weight excluding hydrogens is 432 g/mol. The number of aromatic nitrogens is 4. The number of hydrogen-bond acceptors (Lipinski definition) is 8. The van der Waals surface area contributed by atoms with Crippen LogP contribution in [0.25, 0.3) is 11.1 Å². The van der Waals surface area contributed by atoms with Gasteiger partial charge in [0.2, 0.25) is 5.91 Å². The third kappa shape index (κ3) is 5.39. The Balaban J connectivity index is 1.68. The molecule has 0 radical (unpaired) electrons. The van der Waals surface area contributed by atoms with Gasteiger partial charge in [0.15, 0.2) is 5.82 Å². The molecule has 4 aromatic rings. The summed E-state index contributed by atoms with van der Waals surface area (Å²) >= 11 is 0. The first-order valence-corrected chi connectivity index (χ1v) is 10.4. The highest BCUT2D eigenvalue weighted by atomic mass is 16.5. The van der Waals surface area contributed by atoms with Crippen molar-refractivity contribution < 1.29 is 14.3 Å². The quantitative estimate of drug-likeness (QED) is 0.417. The third-order valence-electron chi connectivity index (χ3n) is 4.96. The van der Waals surface area contributed by atoms with Gasteiger partial charge < -0.3 is 15.0 Å². The van der Waals surface area contributed by atoms with Gasteiger partial charge in [-0.05, 0) is 53.1 Å². The minimum absolute atomic E-state index is 0.188. The van der Waals surface area contributed by atoms with Crippen LogP contribution in [0.15, 0.2) is 79.5 Å². The summed E-state index contributed by atoms with van der Waals surface area (Å²) in [5.41, 5.74) is 3.20. The summed E-state index contributed by atoms with van der Waals surface area (Å²) in [5, 5.41) is 2.70. The summed E-state index contributed by atoms with van der Waals surface area (Å²) in [6.45, 7) is 1.89. The molecule has 9 nitrogen and oxygen atoms in total. The largest absolute Gasteiger partial charge is 0.465 e. The first-order chi connectivity index (χ1) is 16.5. The van der Waals surface area contributed by atoms with E-state index in [1.807, 2.05) is 35.2 Å². The number of carbonyl (C=O) groups is 2. The van der Waals surface area contributed by atoms with Gasteiger partial charge in [-0.15, -0.1) is 0 Å². The summed E-state index contributed by atoms with van der Waals surface area (Å²) < 4.78 is 4.78. The first kappa shape index (κ1) is 22.5. The number of anilines is 3. The molecule has 1 N–H and O–H groups in total. The average Bonchev–Trinajstić information content (AvgIpc) is 2.87. The van der Waals surface area contributed by atoms with Crippen molar-refractivity contribution in [3.63, 3.8) is 0 Å². The van der Waals surface area contributed by atoms with Gasteiger partial charge >= 0.3 is 5.97 Å². The second-order valence-electron chi connectivity index (χ2n) is 7.35. The Morgan fingerprint density at radius 1 is 0.882 bits per heavy atom. The van der Waals surface area contributed by atoms with E-state index in [-0.39, 0.29) is 11.9 Å². The zero-order valence-electron chi connectivity index (χ0n) is 18.7. The molecule has 4 rings (SSSR count). The summed E-state index contributed by atoms with van der Waals surface area (Å²) in [5.74, 6) is 1.18. The van der Waals surface area contributed by atoms with E-state index in [1.54, 1.807) is 49.2 Å². The Kier molecular flexibility index (Phi) is 6.83. The first-order valence-electron chi connectivity index (χ1n) is 10.4. The fourth-order valence-corrected chi connectivity index (χ4v) is 3.36. The molecule has 0 atom stereocenters. The number of esters is 1. The molecule has 0 fully saturated rings. The van der Waals surface area contributed by atoms with Gasteiger partial charge in [-0.25, -0.2) is 19.7 Å². The molecule has 170 valence electrons. The van der Waals surface area contributed by atoms with Crippen LogP contribution < -0.4 is 10.2 Å². The number of pyridine rings is 2. The molecule has 9 heteroatoms. The smallest absolute Gasteiger partial charge is 0.337 e. The van der Waals surface area contributed by atoms with E-state index >= 15 is 0 Å². The van der Waals surface area contributed by atoms with Gasteiger partial charge in [-0.2, -0.15) is 0 Å². The van der Waals surface area contributed by atoms with Crippen LogP contribution >= 0.6 is 0 Å². The highest BCUT2D eigenvalue weighted by Crippen LogP contribution is 2.29. The zero-order chi connectivity index (χ0) is 23.9. The van der Waals surface area contributed by atoms with Crippen molar-refractivity contribution in [3.8, 4) is 11.1 Å². The minimum atomic E-state index is -0.386. The molecular formula is C25H22N6O3. The summed E-state index contributed by atoms with van der Waals surface area (Å²) in [6.07, 6.45) is 8.25. The fraction of sp³-hybridized carbons (Fsp3) is 0.120. The van der Waals surface area contributed by atoms with Gasteiger partial charge in [-0.1, -0.05) is 12.1 Å². The lowest BCUT2D eigenvalue weighted by Gasteiger charge is -2.23. The number of nitrogens with zero attached hydrogens (tertiary/aromatic N) is 5. The Labute approximate surface area is 196 Å². The van der Waals surface area contributed by atoms with Crippen molar-refractivity contribution >= 4 is 29.3 Å². The van der Waals surface area contributed by atoms with Gasteiger partial charge in [0.05, 0.1) is 25.4 Å². The lowest BCUT2D eigenvalue weighted by molar-refractivity contribution is -0.114. The Hall–Kier alpha value is -4.66. The molecule has 0 bridgehead atoms. The zero-order valence-corrected chi connectivity index (χ0v) is 18.7. The van der Waals surface area contributed by atoms with E-state index in [9.17, 15) is 9.59 Å². The van der Waals surface area contributed by atoms with E-state index in [4.69, 9.17) is 4.74 Å². The number of hydrogen-bond donors (Lipinski definition) is 1. The number of benzene rings is 1. The molecule has 1 aromatic carbocycles. The van der Waals surface area contributed by atoms with Crippen LogP contribution in [-0.2, 0) is 16.1 Å². The molecule has 0 saturated carbocycles. The molecule has 0 saturated heterocycles. The van der Waals surface area contributed by atoms with Crippen molar-refractivity contribution in [1.82, 2.24) is 19.9 Å². The van der Waals surface area contributed by atoms with E-state index < -0.39 is 0 Å². The predicted octanol–water partition coefficient (Wildman–Crippen LogP) is 4.02. The standard InChI is InChI=1S/C25H22N6O3/c1-17(32)30-22-13-20(7-9-27-22)21-8-10-28-23(14-21)31(24-15-26-11-12-29-24)16-18-3-5-19(6-4-18)25(33)34-2/h3-15H,16H2,1-2H3,(H,27,30,32). The van der Waals surface area contributed by atoms with E-state index in [2.05, 4.69) is 25.3 Å². The van der Waals surface area contributed by atoms with E-state index in [0.29, 0.717) is 29.6 Å². The highest BCUT2D eigenvalue weighted by Gasteiger charge is 2.15. The molecule has 34 heavy (non-hydrogen) atoms. The van der Waals surface area contributed by atoms with Crippen LogP contribution in [0.1, 0.15) is 22.8 Å². The monoisotopic (exact) mass is 454 g/mol. The van der Waals surface area contributed by atoms with Crippen LogP contribution in [-0.4, -0.2) is 38.9 Å². The van der Waals surface area contributed by atoms with E-state index in [1.165, 1.54) is 14.0 Å². The van der Waals surface area contributed by atoms with Gasteiger partial charge in [0, 0.05) is 31.7 Å². The van der Waals surface area contributed by atoms with Crippen molar-refractivity contribution in [2.75, 3.05) is 17.3 Å². The maximum Gasteiger partial charge on any atom is 0.337 e. The van der Waals surface area contributed by atoms with Crippen molar-refractivity contribution in [2.24, 2.45) is 0 Å². The SMILES string of the molecule is COC(=O)c1ccc(CN(c2cnccn2)c2cc(-c3ccnc(NC(C)=O)c3)ccn2)cc1. The van der Waals surface area contributed by atoms with Crippen molar-refractivity contribution in [2.45, 2.75) is 13.5 Å². The Bertz CT molecular complexity index is 1300. The number of ether oxygens (including phenoxy) is 1. The molecule has 0 aliphatic heterocycles. The van der Waals surface area contributed by atoms with Crippen LogP contribution in [0, 0.1) is 0 Å².